The van der Waals surface area contributed by atoms with Crippen LogP contribution in [-0.4, -0.2) is 32.8 Å². The molecule has 1 aliphatic rings. The molecule has 0 radical (unpaired) electrons. The van der Waals surface area contributed by atoms with Gasteiger partial charge in [-0.15, -0.1) is 0 Å². The molecule has 0 saturated carbocycles. The molecule has 0 aliphatic carbocycles. The van der Waals surface area contributed by atoms with Crippen LogP contribution in [0.1, 0.15) is 19.8 Å². The van der Waals surface area contributed by atoms with Gasteiger partial charge in [-0.25, -0.2) is 0 Å². The van der Waals surface area contributed by atoms with Gasteiger partial charge in [-0.1, -0.05) is 43.7 Å². The van der Waals surface area contributed by atoms with Crippen LogP contribution in [0.25, 0.3) is 10.8 Å². The maximum Gasteiger partial charge on any atom is 0.143 e. The van der Waals surface area contributed by atoms with Crippen LogP contribution in [0.15, 0.2) is 36.4 Å². The van der Waals surface area contributed by atoms with Crippen molar-refractivity contribution in [2.75, 3.05) is 37.7 Å². The molecule has 1 aliphatic heterocycles. The molecule has 0 amide bonds. The van der Waals surface area contributed by atoms with Crippen LogP contribution >= 0.6 is 0 Å². The maximum absolute atomic E-state index is 6.08. The molecule has 1 heterocycles. The zero-order valence-corrected chi connectivity index (χ0v) is 12.8. The van der Waals surface area contributed by atoms with Crippen LogP contribution in [0.5, 0.6) is 5.75 Å². The van der Waals surface area contributed by atoms with Crippen LogP contribution in [0.3, 0.4) is 0 Å². The monoisotopic (exact) mass is 284 g/mol. The van der Waals surface area contributed by atoms with Crippen LogP contribution in [0.2, 0.25) is 0 Å². The third-order valence-electron chi connectivity index (χ3n) is 4.05. The minimum absolute atomic E-state index is 0.800. The molecule has 0 spiro atoms. The lowest BCUT2D eigenvalue weighted by Crippen LogP contribution is -2.43. The van der Waals surface area contributed by atoms with Gasteiger partial charge in [0.2, 0.25) is 0 Å². The van der Waals surface area contributed by atoms with E-state index in [9.17, 15) is 0 Å². The first kappa shape index (κ1) is 14.2. The molecular weight excluding hydrogens is 260 g/mol. The van der Waals surface area contributed by atoms with Crippen LogP contribution in [0.4, 0.5) is 5.69 Å². The van der Waals surface area contributed by atoms with Gasteiger partial charge < -0.3 is 15.0 Å². The minimum Gasteiger partial charge on any atom is -0.491 e. The van der Waals surface area contributed by atoms with E-state index in [0.717, 1.165) is 51.4 Å². The Morgan fingerprint density at radius 2 is 1.90 bits per heavy atom. The average Bonchev–Trinajstić information content (AvgIpc) is 2.55. The Balaban J connectivity index is 1.99. The quantitative estimate of drug-likeness (QED) is 0.851. The van der Waals surface area contributed by atoms with Gasteiger partial charge in [0, 0.05) is 31.6 Å². The molecule has 112 valence electrons. The lowest BCUT2D eigenvalue weighted by Gasteiger charge is -2.32. The van der Waals surface area contributed by atoms with E-state index in [2.05, 4.69) is 53.5 Å². The number of hydrogen-bond donors (Lipinski definition) is 1. The van der Waals surface area contributed by atoms with E-state index in [1.54, 1.807) is 0 Å². The fourth-order valence-corrected chi connectivity index (χ4v) is 2.89. The summed E-state index contributed by atoms with van der Waals surface area (Å²) in [4.78, 5) is 2.46. The van der Waals surface area contributed by atoms with Crippen LogP contribution in [-0.2, 0) is 0 Å². The molecule has 3 heteroatoms. The Morgan fingerprint density at radius 3 is 2.71 bits per heavy atom. The molecule has 2 aromatic carbocycles. The Labute approximate surface area is 126 Å². The predicted octanol–water partition coefficient (Wildman–Crippen LogP) is 3.43. The topological polar surface area (TPSA) is 24.5 Å². The summed E-state index contributed by atoms with van der Waals surface area (Å²) in [6.07, 6.45) is 2.27. The van der Waals surface area contributed by atoms with E-state index in [0.29, 0.717) is 0 Å². The van der Waals surface area contributed by atoms with E-state index in [1.165, 1.54) is 16.5 Å². The highest BCUT2D eigenvalue weighted by molar-refractivity contribution is 5.97. The van der Waals surface area contributed by atoms with Crippen molar-refractivity contribution in [3.63, 3.8) is 0 Å². The first-order valence-corrected chi connectivity index (χ1v) is 8.00. The highest BCUT2D eigenvalue weighted by Gasteiger charge is 2.18. The van der Waals surface area contributed by atoms with Crippen molar-refractivity contribution in [1.29, 1.82) is 0 Å². The standard InChI is InChI=1S/C18H24N2O/c1-2-3-14-21-17-9-8-15-6-4-5-7-16(15)18(17)20-12-10-19-11-13-20/h4-9,19H,2-3,10-14H2,1H3. The SMILES string of the molecule is CCCCOc1ccc2ccccc2c1N1CCNCC1. The minimum atomic E-state index is 0.800. The highest BCUT2D eigenvalue weighted by atomic mass is 16.5. The van der Waals surface area contributed by atoms with Gasteiger partial charge in [0.1, 0.15) is 5.75 Å². The highest BCUT2D eigenvalue weighted by Crippen LogP contribution is 2.36. The van der Waals surface area contributed by atoms with Gasteiger partial charge in [-0.2, -0.15) is 0 Å². The van der Waals surface area contributed by atoms with Crippen molar-refractivity contribution < 1.29 is 4.74 Å². The Bertz CT molecular complexity index is 591. The van der Waals surface area contributed by atoms with Gasteiger partial charge >= 0.3 is 0 Å². The molecular formula is C18H24N2O. The molecule has 0 unspecified atom stereocenters. The van der Waals surface area contributed by atoms with E-state index >= 15 is 0 Å². The van der Waals surface area contributed by atoms with E-state index in [1.807, 2.05) is 0 Å². The number of unbranched alkanes of at least 4 members (excludes halogenated alkanes) is 1. The summed E-state index contributed by atoms with van der Waals surface area (Å²) in [6, 6.07) is 12.9. The summed E-state index contributed by atoms with van der Waals surface area (Å²) in [6.45, 7) is 7.15. The molecule has 0 bridgehead atoms. The largest absolute Gasteiger partial charge is 0.491 e. The van der Waals surface area contributed by atoms with E-state index in [4.69, 9.17) is 4.74 Å². The molecule has 1 saturated heterocycles. The Kier molecular flexibility index (Phi) is 4.61. The first-order valence-electron chi connectivity index (χ1n) is 8.00. The van der Waals surface area contributed by atoms with E-state index in [-0.39, 0.29) is 0 Å². The van der Waals surface area contributed by atoms with Crippen molar-refractivity contribution in [2.45, 2.75) is 19.8 Å². The molecule has 0 aromatic heterocycles. The summed E-state index contributed by atoms with van der Waals surface area (Å²) in [5.74, 6) is 1.03. The fraction of sp³-hybridized carbons (Fsp3) is 0.444. The molecule has 0 atom stereocenters. The van der Waals surface area contributed by atoms with Crippen molar-refractivity contribution in [1.82, 2.24) is 5.32 Å². The number of ether oxygens (including phenoxy) is 1. The Hall–Kier alpha value is -1.74. The molecule has 3 nitrogen and oxygen atoms in total. The zero-order chi connectivity index (χ0) is 14.5. The molecule has 21 heavy (non-hydrogen) atoms. The number of fused-ring (bicyclic) bond motifs is 1. The number of nitrogens with zero attached hydrogens (tertiary/aromatic N) is 1. The number of hydrogen-bond acceptors (Lipinski definition) is 3. The maximum atomic E-state index is 6.08. The predicted molar refractivity (Wildman–Crippen MR) is 89.4 cm³/mol. The number of piperazine rings is 1. The summed E-state index contributed by atoms with van der Waals surface area (Å²) in [7, 11) is 0. The second-order valence-electron chi connectivity index (χ2n) is 5.57. The molecule has 3 rings (SSSR count). The average molecular weight is 284 g/mol. The molecule has 1 N–H and O–H groups in total. The van der Waals surface area contributed by atoms with E-state index < -0.39 is 0 Å². The fourth-order valence-electron chi connectivity index (χ4n) is 2.89. The van der Waals surface area contributed by atoms with Crippen molar-refractivity contribution in [3.05, 3.63) is 36.4 Å². The number of anilines is 1. The van der Waals surface area contributed by atoms with Crippen LogP contribution in [0, 0.1) is 0 Å². The van der Waals surface area contributed by atoms with Gasteiger partial charge in [-0.05, 0) is 17.9 Å². The lowest BCUT2D eigenvalue weighted by molar-refractivity contribution is 0.309. The van der Waals surface area contributed by atoms with Gasteiger partial charge in [0.05, 0.1) is 12.3 Å². The molecule has 1 fully saturated rings. The lowest BCUT2D eigenvalue weighted by atomic mass is 10.1. The smallest absolute Gasteiger partial charge is 0.143 e. The van der Waals surface area contributed by atoms with Crippen LogP contribution < -0.4 is 15.0 Å². The summed E-state index contributed by atoms with van der Waals surface area (Å²) < 4.78 is 6.08. The zero-order valence-electron chi connectivity index (χ0n) is 12.8. The van der Waals surface area contributed by atoms with Crippen molar-refractivity contribution in [2.24, 2.45) is 0 Å². The first-order chi connectivity index (χ1) is 10.4. The number of benzene rings is 2. The van der Waals surface area contributed by atoms with Crippen molar-refractivity contribution in [3.8, 4) is 5.75 Å². The second-order valence-corrected chi connectivity index (χ2v) is 5.57. The van der Waals surface area contributed by atoms with Crippen molar-refractivity contribution >= 4 is 16.5 Å². The molecule has 2 aromatic rings. The third kappa shape index (κ3) is 3.13. The number of nitrogens with one attached hydrogen (secondary N) is 1. The summed E-state index contributed by atoms with van der Waals surface area (Å²) in [5, 5.41) is 6.01. The summed E-state index contributed by atoms with van der Waals surface area (Å²) >= 11 is 0. The normalized spacial score (nSPS) is 15.4. The van der Waals surface area contributed by atoms with Gasteiger partial charge in [-0.3, -0.25) is 0 Å². The number of rotatable bonds is 5. The van der Waals surface area contributed by atoms with Gasteiger partial charge in [0.15, 0.2) is 0 Å². The Morgan fingerprint density at radius 1 is 1.10 bits per heavy atom. The van der Waals surface area contributed by atoms with Gasteiger partial charge in [0.25, 0.3) is 0 Å². The second kappa shape index (κ2) is 6.81. The third-order valence-corrected chi connectivity index (χ3v) is 4.05. The summed E-state index contributed by atoms with van der Waals surface area (Å²) in [5.41, 5.74) is 1.27.